The van der Waals surface area contributed by atoms with Crippen LogP contribution in [0.1, 0.15) is 42.2 Å². The molecule has 0 aliphatic carbocycles. The number of rotatable bonds is 6. The summed E-state index contributed by atoms with van der Waals surface area (Å²) in [5, 5.41) is 4.20. The standard InChI is InChI=1S/C17H24N2O2S3/c1-14-6-7-17(23-14)24(20,21)18-12-16(15-8-11-22-13-15)19-9-4-2-3-5-10-19/h6-8,11,13,16,18H,2-5,9-10,12H2,1H3/t16-/m0/s1. The lowest BCUT2D eigenvalue weighted by molar-refractivity contribution is 0.206. The molecular formula is C17H24N2O2S3. The number of hydrogen-bond acceptors (Lipinski definition) is 5. The second-order valence-electron chi connectivity index (χ2n) is 6.24. The molecule has 0 saturated carbocycles. The SMILES string of the molecule is Cc1ccc(S(=O)(=O)NC[C@@H](c2ccsc2)N2CCCCCC2)s1. The number of thiophene rings is 2. The maximum absolute atomic E-state index is 12.6. The van der Waals surface area contributed by atoms with Gasteiger partial charge in [-0.3, -0.25) is 4.90 Å². The highest BCUT2D eigenvalue weighted by Gasteiger charge is 2.25. The molecule has 0 radical (unpaired) electrons. The molecule has 2 aromatic heterocycles. The van der Waals surface area contributed by atoms with Crippen LogP contribution in [-0.2, 0) is 10.0 Å². The minimum atomic E-state index is -3.43. The molecule has 1 aliphatic heterocycles. The molecule has 4 nitrogen and oxygen atoms in total. The van der Waals surface area contributed by atoms with E-state index in [0.717, 1.165) is 18.0 Å². The molecule has 0 aromatic carbocycles. The van der Waals surface area contributed by atoms with Crippen LogP contribution in [0.25, 0.3) is 0 Å². The van der Waals surface area contributed by atoms with Crippen molar-refractivity contribution < 1.29 is 8.42 Å². The molecule has 7 heteroatoms. The fraction of sp³-hybridized carbons (Fsp3) is 0.529. The average Bonchev–Trinajstić information content (AvgIpc) is 3.15. The Morgan fingerprint density at radius 2 is 1.92 bits per heavy atom. The van der Waals surface area contributed by atoms with Gasteiger partial charge in [0.25, 0.3) is 0 Å². The van der Waals surface area contributed by atoms with Crippen molar-refractivity contribution in [2.75, 3.05) is 19.6 Å². The summed E-state index contributed by atoms with van der Waals surface area (Å²) in [6, 6.07) is 5.77. The Morgan fingerprint density at radius 3 is 2.50 bits per heavy atom. The maximum atomic E-state index is 12.6. The normalized spacial score (nSPS) is 18.4. The summed E-state index contributed by atoms with van der Waals surface area (Å²) in [6.45, 7) is 4.44. The highest BCUT2D eigenvalue weighted by atomic mass is 32.2. The smallest absolute Gasteiger partial charge is 0.250 e. The van der Waals surface area contributed by atoms with Crippen molar-refractivity contribution in [2.45, 2.75) is 42.9 Å². The minimum Gasteiger partial charge on any atom is -0.295 e. The lowest BCUT2D eigenvalue weighted by Gasteiger charge is -2.30. The molecule has 2 aromatic rings. The third-order valence-corrected chi connectivity index (χ3v) is 8.07. The van der Waals surface area contributed by atoms with Crippen molar-refractivity contribution in [3.63, 3.8) is 0 Å². The van der Waals surface area contributed by atoms with Crippen LogP contribution in [0.3, 0.4) is 0 Å². The van der Waals surface area contributed by atoms with Crippen LogP contribution in [0.4, 0.5) is 0 Å². The van der Waals surface area contributed by atoms with E-state index in [1.165, 1.54) is 42.6 Å². The van der Waals surface area contributed by atoms with Crippen molar-refractivity contribution >= 4 is 32.7 Å². The Morgan fingerprint density at radius 1 is 1.17 bits per heavy atom. The molecule has 0 bridgehead atoms. The molecule has 1 atom stereocenters. The quantitative estimate of drug-likeness (QED) is 0.818. The molecule has 3 heterocycles. The van der Waals surface area contributed by atoms with Gasteiger partial charge >= 0.3 is 0 Å². The molecule has 24 heavy (non-hydrogen) atoms. The lowest BCUT2D eigenvalue weighted by Crippen LogP contribution is -2.38. The van der Waals surface area contributed by atoms with Gasteiger partial charge in [0.05, 0.1) is 0 Å². The maximum Gasteiger partial charge on any atom is 0.250 e. The van der Waals surface area contributed by atoms with Crippen LogP contribution in [0.15, 0.2) is 33.2 Å². The van der Waals surface area contributed by atoms with Gasteiger partial charge in [0.15, 0.2) is 0 Å². The molecule has 1 saturated heterocycles. The monoisotopic (exact) mass is 384 g/mol. The zero-order valence-corrected chi connectivity index (χ0v) is 16.4. The largest absolute Gasteiger partial charge is 0.295 e. The molecule has 0 unspecified atom stereocenters. The van der Waals surface area contributed by atoms with Crippen molar-refractivity contribution in [1.29, 1.82) is 0 Å². The first-order chi connectivity index (χ1) is 11.6. The Hall–Kier alpha value is -0.730. The number of nitrogens with zero attached hydrogens (tertiary/aromatic N) is 1. The zero-order chi connectivity index (χ0) is 17.0. The van der Waals surface area contributed by atoms with Crippen LogP contribution in [0, 0.1) is 6.92 Å². The summed E-state index contributed by atoms with van der Waals surface area (Å²) in [4.78, 5) is 3.45. The summed E-state index contributed by atoms with van der Waals surface area (Å²) >= 11 is 2.99. The van der Waals surface area contributed by atoms with Gasteiger partial charge in [-0.1, -0.05) is 12.8 Å². The van der Waals surface area contributed by atoms with Gasteiger partial charge in [-0.05, 0) is 67.4 Å². The van der Waals surface area contributed by atoms with Gasteiger partial charge in [-0.15, -0.1) is 11.3 Å². The summed E-state index contributed by atoms with van der Waals surface area (Å²) in [6.07, 6.45) is 4.93. The summed E-state index contributed by atoms with van der Waals surface area (Å²) in [5.74, 6) is 0. The third kappa shape index (κ3) is 4.46. The second kappa shape index (κ2) is 8.10. The van der Waals surface area contributed by atoms with Crippen LogP contribution in [-0.4, -0.2) is 33.0 Å². The van der Waals surface area contributed by atoms with Crippen LogP contribution < -0.4 is 4.72 Å². The number of hydrogen-bond donors (Lipinski definition) is 1. The lowest BCUT2D eigenvalue weighted by atomic mass is 10.1. The fourth-order valence-electron chi connectivity index (χ4n) is 3.15. The minimum absolute atomic E-state index is 0.116. The first-order valence-electron chi connectivity index (χ1n) is 8.38. The highest BCUT2D eigenvalue weighted by molar-refractivity contribution is 7.91. The van der Waals surface area contributed by atoms with Crippen molar-refractivity contribution in [2.24, 2.45) is 0 Å². The van der Waals surface area contributed by atoms with E-state index in [1.807, 2.05) is 13.0 Å². The van der Waals surface area contributed by atoms with E-state index in [-0.39, 0.29) is 6.04 Å². The van der Waals surface area contributed by atoms with Gasteiger partial charge < -0.3 is 0 Å². The van der Waals surface area contributed by atoms with Crippen molar-refractivity contribution in [3.05, 3.63) is 39.4 Å². The molecule has 0 spiro atoms. The number of sulfonamides is 1. The first-order valence-corrected chi connectivity index (χ1v) is 11.6. The van der Waals surface area contributed by atoms with E-state index in [1.54, 1.807) is 17.4 Å². The number of likely N-dealkylation sites (tertiary alicyclic amines) is 1. The molecular weight excluding hydrogens is 360 g/mol. The van der Waals surface area contributed by atoms with E-state index < -0.39 is 10.0 Å². The molecule has 3 rings (SSSR count). The van der Waals surface area contributed by atoms with Crippen molar-refractivity contribution in [3.8, 4) is 0 Å². The number of nitrogens with one attached hydrogen (secondary N) is 1. The molecule has 132 valence electrons. The Bertz CT molecular complexity index is 730. The van der Waals surface area contributed by atoms with Crippen LogP contribution >= 0.6 is 22.7 Å². The van der Waals surface area contributed by atoms with E-state index >= 15 is 0 Å². The van der Waals surface area contributed by atoms with E-state index in [0.29, 0.717) is 10.8 Å². The van der Waals surface area contributed by atoms with Gasteiger partial charge in [-0.25, -0.2) is 13.1 Å². The Labute approximate surface area is 152 Å². The van der Waals surface area contributed by atoms with E-state index in [2.05, 4.69) is 26.4 Å². The second-order valence-corrected chi connectivity index (χ2v) is 10.3. The average molecular weight is 385 g/mol. The van der Waals surface area contributed by atoms with E-state index in [9.17, 15) is 8.42 Å². The van der Waals surface area contributed by atoms with Crippen LogP contribution in [0.5, 0.6) is 0 Å². The third-order valence-electron chi connectivity index (χ3n) is 4.46. The van der Waals surface area contributed by atoms with Gasteiger partial charge in [0.1, 0.15) is 4.21 Å². The molecule has 0 amide bonds. The topological polar surface area (TPSA) is 49.4 Å². The van der Waals surface area contributed by atoms with E-state index in [4.69, 9.17) is 0 Å². The van der Waals surface area contributed by atoms with Gasteiger partial charge in [0, 0.05) is 17.5 Å². The van der Waals surface area contributed by atoms with Gasteiger partial charge in [0.2, 0.25) is 10.0 Å². The molecule has 1 aliphatic rings. The molecule has 1 N–H and O–H groups in total. The fourth-order valence-corrected chi connectivity index (χ4v) is 6.22. The summed E-state index contributed by atoms with van der Waals surface area (Å²) < 4.78 is 28.4. The molecule has 1 fully saturated rings. The Kier molecular flexibility index (Phi) is 6.10. The van der Waals surface area contributed by atoms with Gasteiger partial charge in [-0.2, -0.15) is 11.3 Å². The predicted molar refractivity (Wildman–Crippen MR) is 101 cm³/mol. The first kappa shape index (κ1) is 18.1. The Balaban J connectivity index is 1.74. The highest BCUT2D eigenvalue weighted by Crippen LogP contribution is 2.27. The van der Waals surface area contributed by atoms with Crippen molar-refractivity contribution in [1.82, 2.24) is 9.62 Å². The zero-order valence-electron chi connectivity index (χ0n) is 13.9. The number of aryl methyl sites for hydroxylation is 1. The summed E-state index contributed by atoms with van der Waals surface area (Å²) in [5.41, 5.74) is 1.21. The summed E-state index contributed by atoms with van der Waals surface area (Å²) in [7, 11) is -3.43. The van der Waals surface area contributed by atoms with Crippen LogP contribution in [0.2, 0.25) is 0 Å². The predicted octanol–water partition coefficient (Wildman–Crippen LogP) is 4.01.